The smallest absolute Gasteiger partial charge is 0.332 e. The number of hydrogen-bond donors (Lipinski definition) is 4. The van der Waals surface area contributed by atoms with E-state index < -0.39 is 36.0 Å². The van der Waals surface area contributed by atoms with Gasteiger partial charge in [0.25, 0.3) is 0 Å². The quantitative estimate of drug-likeness (QED) is 0.0260. The Morgan fingerprint density at radius 2 is 0.727 bits per heavy atom. The number of nitrogens with one attached hydrogen (secondary N) is 1. The van der Waals surface area contributed by atoms with Gasteiger partial charge in [-0.25, -0.2) is 4.79 Å². The normalized spacial score (nSPS) is 14.8. The molecule has 1 saturated heterocycles. The Bertz CT molecular complexity index is 1510. The first-order valence-corrected chi connectivity index (χ1v) is 29.8. The summed E-state index contributed by atoms with van der Waals surface area (Å²) in [5, 5.41) is 31.1. The van der Waals surface area contributed by atoms with Crippen molar-refractivity contribution in [3.05, 3.63) is 0 Å². The van der Waals surface area contributed by atoms with Crippen LogP contribution in [0.5, 0.6) is 0 Å². The molecular weight excluding hydrogens is 995 g/mol. The van der Waals surface area contributed by atoms with Crippen molar-refractivity contribution in [3.8, 4) is 0 Å². The van der Waals surface area contributed by atoms with Gasteiger partial charge in [0.2, 0.25) is 5.91 Å². The molecule has 0 spiro atoms. The number of carboxylic acid groups (broad SMARTS) is 3. The molecule has 0 bridgehead atoms. The fourth-order valence-electron chi connectivity index (χ4n) is 9.10. The molecule has 1 unspecified atom stereocenters. The van der Waals surface area contributed by atoms with Crippen LogP contribution < -0.4 is 5.32 Å². The number of carbonyl (C=O) groups excluding carboxylic acids is 4. The van der Waals surface area contributed by atoms with Crippen LogP contribution in [0.2, 0.25) is 0 Å². The van der Waals surface area contributed by atoms with Gasteiger partial charge in [-0.2, -0.15) is 0 Å². The lowest BCUT2D eigenvalue weighted by molar-refractivity contribution is -0.168. The minimum absolute atomic E-state index is 0.0281. The summed E-state index contributed by atoms with van der Waals surface area (Å²) in [7, 11) is 0. The summed E-state index contributed by atoms with van der Waals surface area (Å²) in [4.78, 5) is 92.6. The van der Waals surface area contributed by atoms with Crippen molar-refractivity contribution in [2.75, 3.05) is 125 Å². The van der Waals surface area contributed by atoms with Gasteiger partial charge >= 0.3 is 35.8 Å². The number of amides is 1. The fourth-order valence-corrected chi connectivity index (χ4v) is 9.10. The van der Waals surface area contributed by atoms with Gasteiger partial charge < -0.3 is 44.3 Å². The van der Waals surface area contributed by atoms with Crippen LogP contribution in [0.4, 0.5) is 0 Å². The summed E-state index contributed by atoms with van der Waals surface area (Å²) >= 11 is 0. The highest BCUT2D eigenvalue weighted by Gasteiger charge is 2.22. The molecule has 448 valence electrons. The number of hydrogen-bond acceptors (Lipinski definition) is 16. The van der Waals surface area contributed by atoms with Gasteiger partial charge in [-0.3, -0.25) is 48.4 Å². The molecule has 1 aliphatic rings. The van der Waals surface area contributed by atoms with E-state index in [0.717, 1.165) is 44.9 Å². The van der Waals surface area contributed by atoms with E-state index >= 15 is 0 Å². The molecule has 4 N–H and O–H groups in total. The molecule has 1 fully saturated rings. The molecule has 1 amide bonds. The van der Waals surface area contributed by atoms with Crippen LogP contribution >= 0.6 is 0 Å². The van der Waals surface area contributed by atoms with E-state index in [-0.39, 0.29) is 123 Å². The molecule has 20 nitrogen and oxygen atoms in total. The molecule has 77 heavy (non-hydrogen) atoms. The number of unbranched alkanes of at least 4 members (excludes halogenated alkanes) is 24. The molecule has 0 aliphatic carbocycles. The standard InChI is InChI=1S/C57H105N5O15/c1-3-5-7-9-11-13-15-17-19-21-23-25-27-29-55(70)75-47-50(77-56(71)30-28-26-24-22-20-18-16-14-12-10-8-6-4-2)48-76-57(72)49-74-42-41-73-40-31-58-51(63)43-59-32-34-60(44-52(64)65)36-38-62(46-54(68)69)39-37-61(35-33-59)45-53(66)67/h50H,3-49H2,1-2H3,(H,58,63)(H,64,65)(H,66,67)(H,68,69). The van der Waals surface area contributed by atoms with Gasteiger partial charge in [0.1, 0.15) is 19.8 Å². The predicted octanol–water partition coefficient (Wildman–Crippen LogP) is 7.57. The van der Waals surface area contributed by atoms with Crippen molar-refractivity contribution in [1.29, 1.82) is 0 Å². The van der Waals surface area contributed by atoms with E-state index in [1.54, 1.807) is 14.7 Å². The third-order valence-electron chi connectivity index (χ3n) is 13.7. The van der Waals surface area contributed by atoms with Gasteiger partial charge in [-0.1, -0.05) is 168 Å². The van der Waals surface area contributed by atoms with Crippen LogP contribution in [0.15, 0.2) is 0 Å². The van der Waals surface area contributed by atoms with Crippen molar-refractivity contribution in [2.24, 2.45) is 0 Å². The van der Waals surface area contributed by atoms with Gasteiger partial charge in [-0.05, 0) is 12.8 Å². The second-order valence-electron chi connectivity index (χ2n) is 20.8. The zero-order chi connectivity index (χ0) is 56.4. The molecule has 1 heterocycles. The molecule has 1 rings (SSSR count). The number of aliphatic carboxylic acids is 3. The molecule has 0 aromatic carbocycles. The van der Waals surface area contributed by atoms with Crippen LogP contribution in [0.3, 0.4) is 0 Å². The highest BCUT2D eigenvalue weighted by molar-refractivity contribution is 5.78. The van der Waals surface area contributed by atoms with Crippen molar-refractivity contribution < 1.29 is 72.6 Å². The van der Waals surface area contributed by atoms with Crippen molar-refractivity contribution in [1.82, 2.24) is 24.9 Å². The minimum atomic E-state index is -1.04. The Morgan fingerprint density at radius 1 is 0.403 bits per heavy atom. The Hall–Kier alpha value is -3.95. The summed E-state index contributed by atoms with van der Waals surface area (Å²) in [6.45, 7) is 5.57. The summed E-state index contributed by atoms with van der Waals surface area (Å²) < 4.78 is 27.5. The fraction of sp³-hybridized carbons (Fsp3) is 0.877. The summed E-state index contributed by atoms with van der Waals surface area (Å²) in [5.74, 6) is -4.91. The average molecular weight is 1100 g/mol. The van der Waals surface area contributed by atoms with Gasteiger partial charge in [0.05, 0.1) is 46.0 Å². The number of esters is 3. The lowest BCUT2D eigenvalue weighted by Gasteiger charge is -2.32. The highest BCUT2D eigenvalue weighted by Crippen LogP contribution is 2.16. The third kappa shape index (κ3) is 46.7. The number of rotatable bonds is 49. The molecule has 0 saturated carbocycles. The molecule has 0 aromatic rings. The molecular formula is C57H105N5O15. The van der Waals surface area contributed by atoms with E-state index in [0.29, 0.717) is 32.6 Å². The van der Waals surface area contributed by atoms with Crippen LogP contribution in [0.1, 0.15) is 194 Å². The number of carbonyl (C=O) groups is 7. The zero-order valence-corrected chi connectivity index (χ0v) is 47.8. The molecule has 0 aromatic heterocycles. The SMILES string of the molecule is CCCCCCCCCCCCCCCC(=O)OCC(COC(=O)COCCOCCNC(=O)CN1CCN(CC(=O)O)CCN(CC(=O)O)CCN(CC(=O)O)CC1)OC(=O)CCCCCCCCCCCCCCC. The van der Waals surface area contributed by atoms with Gasteiger partial charge in [0.15, 0.2) is 6.10 Å². The molecule has 20 heteroatoms. The van der Waals surface area contributed by atoms with Crippen LogP contribution in [-0.4, -0.2) is 207 Å². The first kappa shape index (κ1) is 71.1. The maximum atomic E-state index is 13.0. The second kappa shape index (κ2) is 50.3. The summed E-state index contributed by atoms with van der Waals surface area (Å²) in [5.41, 5.74) is 0. The third-order valence-corrected chi connectivity index (χ3v) is 13.7. The summed E-state index contributed by atoms with van der Waals surface area (Å²) in [6.07, 6.45) is 30.6. The second-order valence-corrected chi connectivity index (χ2v) is 20.8. The van der Waals surface area contributed by atoms with E-state index in [2.05, 4.69) is 19.2 Å². The number of nitrogens with zero attached hydrogens (tertiary/aromatic N) is 4. The minimum Gasteiger partial charge on any atom is -0.480 e. The number of carboxylic acids is 3. The summed E-state index contributed by atoms with van der Waals surface area (Å²) in [6, 6.07) is 0. The lowest BCUT2D eigenvalue weighted by atomic mass is 10.0. The maximum absolute atomic E-state index is 13.0. The Balaban J connectivity index is 2.50. The average Bonchev–Trinajstić information content (AvgIpc) is 3.38. The Kier molecular flexibility index (Phi) is 46.4. The van der Waals surface area contributed by atoms with E-state index in [4.69, 9.17) is 23.7 Å². The highest BCUT2D eigenvalue weighted by atomic mass is 16.6. The first-order valence-electron chi connectivity index (χ1n) is 29.8. The van der Waals surface area contributed by atoms with E-state index in [9.17, 15) is 48.9 Å². The maximum Gasteiger partial charge on any atom is 0.332 e. The monoisotopic (exact) mass is 1100 g/mol. The van der Waals surface area contributed by atoms with Gasteiger partial charge in [-0.15, -0.1) is 0 Å². The number of ether oxygens (including phenoxy) is 5. The van der Waals surface area contributed by atoms with Gasteiger partial charge in [0, 0.05) is 71.7 Å². The largest absolute Gasteiger partial charge is 0.480 e. The van der Waals surface area contributed by atoms with E-state index in [1.807, 2.05) is 4.90 Å². The van der Waals surface area contributed by atoms with Crippen molar-refractivity contribution in [3.63, 3.8) is 0 Å². The van der Waals surface area contributed by atoms with E-state index in [1.165, 1.54) is 116 Å². The molecule has 0 radical (unpaired) electrons. The van der Waals surface area contributed by atoms with Crippen LogP contribution in [0, 0.1) is 0 Å². The Labute approximate surface area is 462 Å². The Morgan fingerprint density at radius 3 is 1.10 bits per heavy atom. The zero-order valence-electron chi connectivity index (χ0n) is 47.8. The predicted molar refractivity (Wildman–Crippen MR) is 296 cm³/mol. The van der Waals surface area contributed by atoms with Crippen molar-refractivity contribution >= 4 is 41.7 Å². The molecule has 1 aliphatic heterocycles. The van der Waals surface area contributed by atoms with Crippen LogP contribution in [0.25, 0.3) is 0 Å². The first-order chi connectivity index (χ1) is 37.3. The van der Waals surface area contributed by atoms with Crippen LogP contribution in [-0.2, 0) is 57.2 Å². The topological polar surface area (TPSA) is 251 Å². The molecule has 1 atom stereocenters. The lowest BCUT2D eigenvalue weighted by Crippen LogP contribution is -2.50. The van der Waals surface area contributed by atoms with Crippen molar-refractivity contribution in [2.45, 2.75) is 200 Å².